The van der Waals surface area contributed by atoms with Crippen LogP contribution in [0.15, 0.2) is 42.5 Å². The minimum atomic E-state index is 0.231. The zero-order valence-electron chi connectivity index (χ0n) is 9.98. The Kier molecular flexibility index (Phi) is 4.21. The molecule has 2 rings (SSSR count). The predicted octanol–water partition coefficient (Wildman–Crippen LogP) is 4.17. The number of fused-ring (bicyclic) bond motifs is 1. The highest BCUT2D eigenvalue weighted by Crippen LogP contribution is 2.17. The van der Waals surface area contributed by atoms with Gasteiger partial charge in [0, 0.05) is 5.56 Å². The average Bonchev–Trinajstić information content (AvgIpc) is 2.38. The molecule has 0 radical (unpaired) electrons. The summed E-state index contributed by atoms with van der Waals surface area (Å²) in [6.07, 6.45) is 1.12. The molecule has 0 aromatic heterocycles. The van der Waals surface area contributed by atoms with Crippen molar-refractivity contribution in [1.29, 1.82) is 0 Å². The molecule has 0 heterocycles. The van der Waals surface area contributed by atoms with Crippen molar-refractivity contribution in [2.24, 2.45) is 0 Å². The molecular formula is C15H16OS. The van der Waals surface area contributed by atoms with Crippen LogP contribution in [0.25, 0.3) is 10.8 Å². The molecule has 0 N–H and O–H groups in total. The Balaban J connectivity index is 2.15. The second kappa shape index (κ2) is 5.87. The fourth-order valence-corrected chi connectivity index (χ4v) is 2.54. The SMILES string of the molecule is CCCSCC(=O)c1ccc2ccccc2c1. The topological polar surface area (TPSA) is 17.1 Å². The first-order valence-corrected chi connectivity index (χ1v) is 7.06. The van der Waals surface area contributed by atoms with Gasteiger partial charge in [-0.05, 0) is 29.0 Å². The molecule has 2 heteroatoms. The summed E-state index contributed by atoms with van der Waals surface area (Å²) in [5, 5.41) is 2.32. The van der Waals surface area contributed by atoms with Crippen molar-refractivity contribution in [3.8, 4) is 0 Å². The molecule has 0 aliphatic heterocycles. The standard InChI is InChI=1S/C15H16OS/c1-2-9-17-11-15(16)14-8-7-12-5-3-4-6-13(12)10-14/h3-8,10H,2,9,11H2,1H3. The third-order valence-corrected chi connectivity index (χ3v) is 3.82. The molecule has 0 atom stereocenters. The summed E-state index contributed by atoms with van der Waals surface area (Å²) in [6, 6.07) is 14.1. The Morgan fingerprint density at radius 2 is 1.88 bits per heavy atom. The lowest BCUT2D eigenvalue weighted by molar-refractivity contribution is 0.102. The third-order valence-electron chi connectivity index (χ3n) is 2.65. The summed E-state index contributed by atoms with van der Waals surface area (Å²) in [6.45, 7) is 2.13. The van der Waals surface area contributed by atoms with E-state index in [4.69, 9.17) is 0 Å². The van der Waals surface area contributed by atoms with Crippen LogP contribution in [0.1, 0.15) is 23.7 Å². The molecule has 88 valence electrons. The Labute approximate surface area is 106 Å². The summed E-state index contributed by atoms with van der Waals surface area (Å²) in [7, 11) is 0. The van der Waals surface area contributed by atoms with Gasteiger partial charge in [0.25, 0.3) is 0 Å². The lowest BCUT2D eigenvalue weighted by Crippen LogP contribution is -2.02. The molecule has 0 bridgehead atoms. The number of rotatable bonds is 5. The number of benzene rings is 2. The van der Waals surface area contributed by atoms with Gasteiger partial charge >= 0.3 is 0 Å². The van der Waals surface area contributed by atoms with Crippen molar-refractivity contribution in [3.05, 3.63) is 48.0 Å². The first-order chi connectivity index (χ1) is 8.31. The van der Waals surface area contributed by atoms with Gasteiger partial charge in [-0.2, -0.15) is 11.8 Å². The van der Waals surface area contributed by atoms with Crippen LogP contribution in [0, 0.1) is 0 Å². The zero-order valence-corrected chi connectivity index (χ0v) is 10.8. The third kappa shape index (κ3) is 3.10. The lowest BCUT2D eigenvalue weighted by Gasteiger charge is -2.03. The van der Waals surface area contributed by atoms with Gasteiger partial charge in [-0.3, -0.25) is 4.79 Å². The zero-order chi connectivity index (χ0) is 12.1. The van der Waals surface area contributed by atoms with Crippen LogP contribution in [0.2, 0.25) is 0 Å². The normalized spacial score (nSPS) is 10.6. The molecule has 0 amide bonds. The monoisotopic (exact) mass is 244 g/mol. The van der Waals surface area contributed by atoms with Gasteiger partial charge in [-0.15, -0.1) is 0 Å². The van der Waals surface area contributed by atoms with Crippen LogP contribution < -0.4 is 0 Å². The first-order valence-electron chi connectivity index (χ1n) is 5.91. The van der Waals surface area contributed by atoms with Crippen molar-refractivity contribution in [2.75, 3.05) is 11.5 Å². The molecule has 1 nitrogen and oxygen atoms in total. The van der Waals surface area contributed by atoms with E-state index in [1.807, 2.05) is 36.4 Å². The highest BCUT2D eigenvalue weighted by Gasteiger charge is 2.06. The Hall–Kier alpha value is -1.28. The minimum absolute atomic E-state index is 0.231. The molecular weight excluding hydrogens is 228 g/mol. The van der Waals surface area contributed by atoms with E-state index in [2.05, 4.69) is 13.0 Å². The van der Waals surface area contributed by atoms with Gasteiger partial charge in [-0.25, -0.2) is 0 Å². The smallest absolute Gasteiger partial charge is 0.172 e. The average molecular weight is 244 g/mol. The first kappa shape index (κ1) is 12.2. The summed E-state index contributed by atoms with van der Waals surface area (Å²) < 4.78 is 0. The van der Waals surface area contributed by atoms with Crippen molar-refractivity contribution >= 4 is 28.3 Å². The molecule has 2 aromatic rings. The van der Waals surface area contributed by atoms with Crippen molar-refractivity contribution < 1.29 is 4.79 Å². The Morgan fingerprint density at radius 3 is 2.65 bits per heavy atom. The fraction of sp³-hybridized carbons (Fsp3) is 0.267. The van der Waals surface area contributed by atoms with E-state index in [0.717, 1.165) is 23.1 Å². The lowest BCUT2D eigenvalue weighted by atomic mass is 10.1. The van der Waals surface area contributed by atoms with E-state index in [1.165, 1.54) is 5.39 Å². The predicted molar refractivity (Wildman–Crippen MR) is 75.9 cm³/mol. The Bertz CT molecular complexity index is 519. The highest BCUT2D eigenvalue weighted by molar-refractivity contribution is 7.99. The summed E-state index contributed by atoms with van der Waals surface area (Å²) in [5.41, 5.74) is 0.826. The number of carbonyl (C=O) groups excluding carboxylic acids is 1. The second-order valence-corrected chi connectivity index (χ2v) is 5.14. The Morgan fingerprint density at radius 1 is 1.12 bits per heavy atom. The quantitative estimate of drug-likeness (QED) is 0.580. The van der Waals surface area contributed by atoms with Gasteiger partial charge in [0.15, 0.2) is 5.78 Å². The van der Waals surface area contributed by atoms with E-state index in [9.17, 15) is 4.79 Å². The highest BCUT2D eigenvalue weighted by atomic mass is 32.2. The summed E-state index contributed by atoms with van der Waals surface area (Å²) in [5.74, 6) is 1.88. The van der Waals surface area contributed by atoms with Crippen LogP contribution in [-0.4, -0.2) is 17.3 Å². The molecule has 0 saturated carbocycles. The molecule has 0 aliphatic carbocycles. The number of hydrogen-bond donors (Lipinski definition) is 0. The number of Topliss-reactive ketones (excluding diaryl/α,β-unsaturated/α-hetero) is 1. The van der Waals surface area contributed by atoms with E-state index in [-0.39, 0.29) is 5.78 Å². The van der Waals surface area contributed by atoms with Gasteiger partial charge in [-0.1, -0.05) is 43.3 Å². The number of carbonyl (C=O) groups is 1. The van der Waals surface area contributed by atoms with Crippen LogP contribution in [0.4, 0.5) is 0 Å². The number of ketones is 1. The molecule has 0 aliphatic rings. The maximum atomic E-state index is 11.9. The van der Waals surface area contributed by atoms with E-state index < -0.39 is 0 Å². The van der Waals surface area contributed by atoms with Gasteiger partial charge < -0.3 is 0 Å². The summed E-state index contributed by atoms with van der Waals surface area (Å²) in [4.78, 5) is 11.9. The molecule has 0 fully saturated rings. The molecule has 0 saturated heterocycles. The van der Waals surface area contributed by atoms with E-state index in [1.54, 1.807) is 11.8 Å². The minimum Gasteiger partial charge on any atom is -0.293 e. The fourth-order valence-electron chi connectivity index (χ4n) is 1.76. The summed E-state index contributed by atoms with van der Waals surface area (Å²) >= 11 is 1.71. The van der Waals surface area contributed by atoms with Gasteiger partial charge in [0.05, 0.1) is 5.75 Å². The number of hydrogen-bond acceptors (Lipinski definition) is 2. The second-order valence-electron chi connectivity index (χ2n) is 4.04. The van der Waals surface area contributed by atoms with Crippen LogP contribution in [0.3, 0.4) is 0 Å². The maximum absolute atomic E-state index is 11.9. The molecule has 2 aromatic carbocycles. The van der Waals surface area contributed by atoms with Gasteiger partial charge in [0.1, 0.15) is 0 Å². The number of thioether (sulfide) groups is 1. The largest absolute Gasteiger partial charge is 0.293 e. The maximum Gasteiger partial charge on any atom is 0.172 e. The van der Waals surface area contributed by atoms with Gasteiger partial charge in [0.2, 0.25) is 0 Å². The van der Waals surface area contributed by atoms with Crippen molar-refractivity contribution in [2.45, 2.75) is 13.3 Å². The van der Waals surface area contributed by atoms with Crippen molar-refractivity contribution in [3.63, 3.8) is 0 Å². The van der Waals surface area contributed by atoms with E-state index in [0.29, 0.717) is 5.75 Å². The van der Waals surface area contributed by atoms with Crippen LogP contribution in [0.5, 0.6) is 0 Å². The van der Waals surface area contributed by atoms with Crippen LogP contribution >= 0.6 is 11.8 Å². The molecule has 0 unspecified atom stereocenters. The molecule has 0 spiro atoms. The van der Waals surface area contributed by atoms with E-state index >= 15 is 0 Å². The van der Waals surface area contributed by atoms with Crippen LogP contribution in [-0.2, 0) is 0 Å². The van der Waals surface area contributed by atoms with Crippen molar-refractivity contribution in [1.82, 2.24) is 0 Å². The molecule has 17 heavy (non-hydrogen) atoms.